The van der Waals surface area contributed by atoms with E-state index in [1.165, 1.54) is 11.4 Å². The van der Waals surface area contributed by atoms with Gasteiger partial charge in [0.25, 0.3) is 0 Å². The van der Waals surface area contributed by atoms with E-state index in [-0.39, 0.29) is 0 Å². The SMILES string of the molecule is CN(C1=CC=CC=CC1)c1ccccc1.c1ccccc1. The highest BCUT2D eigenvalue weighted by molar-refractivity contribution is 5.52. The molecule has 106 valence electrons. The summed E-state index contributed by atoms with van der Waals surface area (Å²) in [7, 11) is 2.11. The van der Waals surface area contributed by atoms with Crippen LogP contribution in [0.1, 0.15) is 6.42 Å². The highest BCUT2D eigenvalue weighted by Gasteiger charge is 2.04. The molecular weight excluding hydrogens is 254 g/mol. The average molecular weight is 275 g/mol. The Morgan fingerprint density at radius 3 is 1.90 bits per heavy atom. The van der Waals surface area contributed by atoms with Gasteiger partial charge in [-0.25, -0.2) is 0 Å². The predicted octanol–water partition coefficient (Wildman–Crippen LogP) is 5.21. The van der Waals surface area contributed by atoms with Crippen molar-refractivity contribution < 1.29 is 0 Å². The van der Waals surface area contributed by atoms with Gasteiger partial charge in [-0.15, -0.1) is 0 Å². The first-order chi connectivity index (χ1) is 10.4. The van der Waals surface area contributed by atoms with Crippen LogP contribution in [0.4, 0.5) is 5.69 Å². The Morgan fingerprint density at radius 1 is 0.714 bits per heavy atom. The molecule has 2 aromatic rings. The highest BCUT2D eigenvalue weighted by atomic mass is 15.1. The molecule has 1 nitrogen and oxygen atoms in total. The van der Waals surface area contributed by atoms with Gasteiger partial charge in [-0.3, -0.25) is 0 Å². The minimum absolute atomic E-state index is 0.985. The summed E-state index contributed by atoms with van der Waals surface area (Å²) in [5, 5.41) is 0. The smallest absolute Gasteiger partial charge is 0.0405 e. The lowest BCUT2D eigenvalue weighted by Crippen LogP contribution is -2.15. The fourth-order valence-corrected chi connectivity index (χ4v) is 2.02. The summed E-state index contributed by atoms with van der Waals surface area (Å²) in [5.41, 5.74) is 2.54. The quantitative estimate of drug-likeness (QED) is 0.727. The maximum atomic E-state index is 2.22. The van der Waals surface area contributed by atoms with Gasteiger partial charge in [-0.05, 0) is 18.2 Å². The number of hydrogen-bond donors (Lipinski definition) is 0. The molecule has 0 radical (unpaired) electrons. The standard InChI is InChI=1S/C14H15N.C6H6/c1-15(14-11-7-4-8-12-14)13-9-5-2-3-6-10-13;1-2-4-6-5-3-1/h2-9,11-12H,10H2,1H3;1-6H. The van der Waals surface area contributed by atoms with Gasteiger partial charge >= 0.3 is 0 Å². The maximum Gasteiger partial charge on any atom is 0.0405 e. The lowest BCUT2D eigenvalue weighted by molar-refractivity contribution is 1.03. The molecular formula is C20H21N. The number of allylic oxidation sites excluding steroid dienone is 5. The van der Waals surface area contributed by atoms with Crippen LogP contribution in [0.25, 0.3) is 0 Å². The van der Waals surface area contributed by atoms with Crippen molar-refractivity contribution >= 4 is 5.69 Å². The molecule has 0 aromatic heterocycles. The zero-order chi connectivity index (χ0) is 14.8. The van der Waals surface area contributed by atoms with Crippen LogP contribution in [0, 0.1) is 0 Å². The minimum atomic E-state index is 0.985. The molecule has 0 heterocycles. The second kappa shape index (κ2) is 8.60. The molecule has 0 bridgehead atoms. The normalized spacial score (nSPS) is 12.7. The molecule has 3 rings (SSSR count). The van der Waals surface area contributed by atoms with Crippen LogP contribution < -0.4 is 4.90 Å². The molecule has 0 unspecified atom stereocenters. The predicted molar refractivity (Wildman–Crippen MR) is 92.3 cm³/mol. The van der Waals surface area contributed by atoms with Gasteiger partial charge in [0.15, 0.2) is 0 Å². The Hall–Kier alpha value is -2.54. The molecule has 0 N–H and O–H groups in total. The monoisotopic (exact) mass is 275 g/mol. The van der Waals surface area contributed by atoms with Gasteiger partial charge < -0.3 is 4.90 Å². The summed E-state index contributed by atoms with van der Waals surface area (Å²) < 4.78 is 0. The first-order valence-corrected chi connectivity index (χ1v) is 7.19. The van der Waals surface area contributed by atoms with Gasteiger partial charge in [-0.1, -0.05) is 78.9 Å². The van der Waals surface area contributed by atoms with Crippen LogP contribution in [0.3, 0.4) is 0 Å². The van der Waals surface area contributed by atoms with Crippen LogP contribution in [-0.4, -0.2) is 7.05 Å². The summed E-state index contributed by atoms with van der Waals surface area (Å²) in [4.78, 5) is 2.22. The first-order valence-electron chi connectivity index (χ1n) is 7.19. The molecule has 21 heavy (non-hydrogen) atoms. The Kier molecular flexibility index (Phi) is 6.08. The van der Waals surface area contributed by atoms with Crippen molar-refractivity contribution in [3.8, 4) is 0 Å². The minimum Gasteiger partial charge on any atom is -0.348 e. The fraction of sp³-hybridized carbons (Fsp3) is 0.100. The summed E-state index contributed by atoms with van der Waals surface area (Å²) in [5.74, 6) is 0. The summed E-state index contributed by atoms with van der Waals surface area (Å²) >= 11 is 0. The number of nitrogens with zero attached hydrogens (tertiary/aromatic N) is 1. The number of rotatable bonds is 2. The fourth-order valence-electron chi connectivity index (χ4n) is 2.02. The molecule has 1 aliphatic carbocycles. The van der Waals surface area contributed by atoms with Crippen molar-refractivity contribution in [1.29, 1.82) is 0 Å². The molecule has 0 aliphatic heterocycles. The van der Waals surface area contributed by atoms with E-state index in [1.54, 1.807) is 0 Å². The largest absolute Gasteiger partial charge is 0.348 e. The van der Waals surface area contributed by atoms with Gasteiger partial charge in [-0.2, -0.15) is 0 Å². The summed E-state index contributed by atoms with van der Waals surface area (Å²) in [6, 6.07) is 22.4. The third-order valence-electron chi connectivity index (χ3n) is 3.21. The van der Waals surface area contributed by atoms with E-state index in [0.29, 0.717) is 0 Å². The van der Waals surface area contributed by atoms with Crippen LogP contribution in [0.2, 0.25) is 0 Å². The molecule has 1 aliphatic rings. The molecule has 0 saturated heterocycles. The van der Waals surface area contributed by atoms with Crippen molar-refractivity contribution in [1.82, 2.24) is 0 Å². The van der Waals surface area contributed by atoms with E-state index in [4.69, 9.17) is 0 Å². The van der Waals surface area contributed by atoms with Crippen molar-refractivity contribution in [2.75, 3.05) is 11.9 Å². The van der Waals surface area contributed by atoms with Crippen LogP contribution >= 0.6 is 0 Å². The second-order valence-corrected chi connectivity index (χ2v) is 4.72. The number of para-hydroxylation sites is 1. The number of benzene rings is 2. The lowest BCUT2D eigenvalue weighted by atomic mass is 10.2. The summed E-state index contributed by atoms with van der Waals surface area (Å²) in [6.07, 6.45) is 11.5. The van der Waals surface area contributed by atoms with E-state index >= 15 is 0 Å². The molecule has 0 spiro atoms. The molecule has 0 amide bonds. The van der Waals surface area contributed by atoms with E-state index < -0.39 is 0 Å². The highest BCUT2D eigenvalue weighted by Crippen LogP contribution is 2.19. The van der Waals surface area contributed by atoms with Crippen molar-refractivity contribution in [3.05, 3.63) is 103 Å². The molecule has 2 aromatic carbocycles. The van der Waals surface area contributed by atoms with E-state index in [0.717, 1.165) is 6.42 Å². The van der Waals surface area contributed by atoms with Crippen LogP contribution in [-0.2, 0) is 0 Å². The maximum absolute atomic E-state index is 2.22. The Labute approximate surface area is 127 Å². The zero-order valence-electron chi connectivity index (χ0n) is 12.4. The van der Waals surface area contributed by atoms with Crippen molar-refractivity contribution in [2.45, 2.75) is 6.42 Å². The van der Waals surface area contributed by atoms with Gasteiger partial charge in [0, 0.05) is 24.9 Å². The van der Waals surface area contributed by atoms with Crippen LogP contribution in [0.5, 0.6) is 0 Å². The van der Waals surface area contributed by atoms with Crippen molar-refractivity contribution in [3.63, 3.8) is 0 Å². The molecule has 0 atom stereocenters. The Bertz CT molecular complexity index is 568. The second-order valence-electron chi connectivity index (χ2n) is 4.72. The third-order valence-corrected chi connectivity index (χ3v) is 3.21. The Balaban J connectivity index is 0.000000225. The third kappa shape index (κ3) is 5.15. The van der Waals surface area contributed by atoms with Gasteiger partial charge in [0.1, 0.15) is 0 Å². The van der Waals surface area contributed by atoms with Crippen LogP contribution in [0.15, 0.2) is 103 Å². The summed E-state index contributed by atoms with van der Waals surface area (Å²) in [6.45, 7) is 0. The average Bonchev–Trinajstić information content (AvgIpc) is 2.86. The molecule has 0 saturated carbocycles. The topological polar surface area (TPSA) is 3.24 Å². The molecule has 0 fully saturated rings. The molecule has 1 heteroatoms. The van der Waals surface area contributed by atoms with E-state index in [9.17, 15) is 0 Å². The van der Waals surface area contributed by atoms with E-state index in [1.807, 2.05) is 42.5 Å². The van der Waals surface area contributed by atoms with Gasteiger partial charge in [0.05, 0.1) is 0 Å². The Morgan fingerprint density at radius 2 is 1.29 bits per heavy atom. The van der Waals surface area contributed by atoms with Crippen molar-refractivity contribution in [2.24, 2.45) is 0 Å². The number of hydrogen-bond acceptors (Lipinski definition) is 1. The number of anilines is 1. The lowest BCUT2D eigenvalue weighted by Gasteiger charge is -2.21. The zero-order valence-corrected chi connectivity index (χ0v) is 12.4. The van der Waals surface area contributed by atoms with Gasteiger partial charge in [0.2, 0.25) is 0 Å². The van der Waals surface area contributed by atoms with E-state index in [2.05, 4.69) is 66.6 Å². The first kappa shape index (κ1) is 14.9.